The summed E-state index contributed by atoms with van der Waals surface area (Å²) in [6, 6.07) is 0. The molecule has 54 valence electrons. The number of halogens is 3. The molecule has 0 aromatic rings. The first kappa shape index (κ1) is 8.68. The molecule has 0 aromatic carbocycles. The summed E-state index contributed by atoms with van der Waals surface area (Å²) in [6.07, 6.45) is -4.29. The zero-order valence-electron chi connectivity index (χ0n) is 4.70. The standard InChI is InChI=1S/C4H6F3NS/c1-2(3(8)9)4(5,6)7/h2H,1H3,(H2,8,9). The predicted molar refractivity (Wildman–Crippen MR) is 32.0 cm³/mol. The van der Waals surface area contributed by atoms with Crippen molar-refractivity contribution in [2.24, 2.45) is 11.7 Å². The molecule has 1 atom stereocenters. The minimum absolute atomic E-state index is 0.512. The first-order valence-corrected chi connectivity index (χ1v) is 2.62. The van der Waals surface area contributed by atoms with E-state index in [9.17, 15) is 13.2 Å². The van der Waals surface area contributed by atoms with Gasteiger partial charge in [0.2, 0.25) is 0 Å². The second kappa shape index (κ2) is 2.51. The highest BCUT2D eigenvalue weighted by molar-refractivity contribution is 7.80. The Hall–Kier alpha value is -0.320. The molecule has 0 aliphatic rings. The van der Waals surface area contributed by atoms with Crippen molar-refractivity contribution in [2.45, 2.75) is 13.1 Å². The van der Waals surface area contributed by atoms with Crippen LogP contribution in [0, 0.1) is 5.92 Å². The number of thiocarbonyl (C=S) groups is 1. The molecule has 0 heterocycles. The Balaban J connectivity index is 4.04. The van der Waals surface area contributed by atoms with Crippen molar-refractivity contribution in [3.8, 4) is 0 Å². The van der Waals surface area contributed by atoms with Gasteiger partial charge in [0, 0.05) is 0 Å². The molecule has 0 saturated carbocycles. The van der Waals surface area contributed by atoms with Gasteiger partial charge in [-0.1, -0.05) is 12.2 Å². The van der Waals surface area contributed by atoms with Gasteiger partial charge >= 0.3 is 6.18 Å². The molecule has 5 heteroatoms. The molecule has 0 radical (unpaired) electrons. The van der Waals surface area contributed by atoms with E-state index in [0.29, 0.717) is 0 Å². The van der Waals surface area contributed by atoms with E-state index in [-0.39, 0.29) is 0 Å². The average molecular weight is 157 g/mol. The molecule has 0 aliphatic carbocycles. The monoisotopic (exact) mass is 157 g/mol. The second-order valence-electron chi connectivity index (χ2n) is 1.67. The van der Waals surface area contributed by atoms with Gasteiger partial charge in [-0.05, 0) is 6.92 Å². The van der Waals surface area contributed by atoms with Crippen molar-refractivity contribution >= 4 is 17.2 Å². The van der Waals surface area contributed by atoms with Gasteiger partial charge in [-0.25, -0.2) is 0 Å². The molecular weight excluding hydrogens is 151 g/mol. The van der Waals surface area contributed by atoms with Crippen molar-refractivity contribution in [2.75, 3.05) is 0 Å². The number of hydrogen-bond acceptors (Lipinski definition) is 1. The first-order chi connectivity index (χ1) is 3.85. The summed E-state index contributed by atoms with van der Waals surface area (Å²) in [7, 11) is 0. The summed E-state index contributed by atoms with van der Waals surface area (Å²) < 4.78 is 34.6. The number of rotatable bonds is 1. The lowest BCUT2D eigenvalue weighted by atomic mass is 10.2. The molecule has 0 amide bonds. The van der Waals surface area contributed by atoms with Crippen LogP contribution in [-0.4, -0.2) is 11.2 Å². The van der Waals surface area contributed by atoms with E-state index in [4.69, 9.17) is 5.73 Å². The summed E-state index contributed by atoms with van der Waals surface area (Å²) in [5, 5.41) is 0. The fraction of sp³-hybridized carbons (Fsp3) is 0.750. The van der Waals surface area contributed by atoms with E-state index in [2.05, 4.69) is 12.2 Å². The van der Waals surface area contributed by atoms with Crippen molar-refractivity contribution in [3.05, 3.63) is 0 Å². The smallest absolute Gasteiger partial charge is 0.393 e. The van der Waals surface area contributed by atoms with Gasteiger partial charge in [0.1, 0.15) is 5.92 Å². The maximum Gasteiger partial charge on any atom is 0.397 e. The summed E-state index contributed by atoms with van der Waals surface area (Å²) >= 11 is 4.12. The number of hydrogen-bond donors (Lipinski definition) is 1. The highest BCUT2D eigenvalue weighted by Gasteiger charge is 2.37. The Morgan fingerprint density at radius 2 is 1.89 bits per heavy atom. The molecular formula is C4H6F3NS. The molecule has 2 N–H and O–H groups in total. The topological polar surface area (TPSA) is 26.0 Å². The minimum atomic E-state index is -4.29. The van der Waals surface area contributed by atoms with Gasteiger partial charge in [0.15, 0.2) is 0 Å². The van der Waals surface area contributed by atoms with Gasteiger partial charge in [-0.2, -0.15) is 13.2 Å². The van der Waals surface area contributed by atoms with E-state index in [0.717, 1.165) is 6.92 Å². The Labute approximate surface area is 56.0 Å². The van der Waals surface area contributed by atoms with Crippen LogP contribution in [0.15, 0.2) is 0 Å². The normalized spacial score (nSPS) is 15.1. The van der Waals surface area contributed by atoms with Crippen LogP contribution >= 0.6 is 12.2 Å². The van der Waals surface area contributed by atoms with Crippen LogP contribution in [0.3, 0.4) is 0 Å². The Morgan fingerprint density at radius 1 is 1.56 bits per heavy atom. The summed E-state index contributed by atoms with van der Waals surface area (Å²) in [4.78, 5) is -0.512. The largest absolute Gasteiger partial charge is 0.397 e. The van der Waals surface area contributed by atoms with Gasteiger partial charge in [0.25, 0.3) is 0 Å². The summed E-state index contributed by atoms with van der Waals surface area (Å²) in [5.74, 6) is -1.67. The van der Waals surface area contributed by atoms with Crippen LogP contribution in [0.1, 0.15) is 6.92 Å². The van der Waals surface area contributed by atoms with Crippen LogP contribution in [0.5, 0.6) is 0 Å². The Bertz CT molecular complexity index is 119. The van der Waals surface area contributed by atoms with Crippen molar-refractivity contribution < 1.29 is 13.2 Å². The lowest BCUT2D eigenvalue weighted by Crippen LogP contribution is -2.31. The average Bonchev–Trinajstić information content (AvgIpc) is 1.62. The van der Waals surface area contributed by atoms with E-state index < -0.39 is 17.1 Å². The van der Waals surface area contributed by atoms with E-state index in [1.54, 1.807) is 0 Å². The first-order valence-electron chi connectivity index (χ1n) is 2.21. The van der Waals surface area contributed by atoms with Gasteiger partial charge in [-0.3, -0.25) is 0 Å². The van der Waals surface area contributed by atoms with Crippen LogP contribution in [0.25, 0.3) is 0 Å². The molecule has 0 saturated heterocycles. The molecule has 0 aromatic heterocycles. The third-order valence-corrected chi connectivity index (χ3v) is 1.27. The number of alkyl halides is 3. The van der Waals surface area contributed by atoms with Gasteiger partial charge in [0.05, 0.1) is 4.99 Å². The van der Waals surface area contributed by atoms with Gasteiger partial charge < -0.3 is 5.73 Å². The third kappa shape index (κ3) is 2.64. The Kier molecular flexibility index (Phi) is 2.42. The highest BCUT2D eigenvalue weighted by atomic mass is 32.1. The molecule has 0 aliphatic heterocycles. The second-order valence-corrected chi connectivity index (χ2v) is 2.14. The van der Waals surface area contributed by atoms with E-state index in [1.165, 1.54) is 0 Å². The molecule has 1 nitrogen and oxygen atoms in total. The predicted octanol–water partition coefficient (Wildman–Crippen LogP) is 1.47. The summed E-state index contributed by atoms with van der Waals surface area (Å²) in [6.45, 7) is 0.933. The molecule has 0 bridgehead atoms. The fourth-order valence-electron chi connectivity index (χ4n) is 0.161. The maximum atomic E-state index is 11.5. The summed E-state index contributed by atoms with van der Waals surface area (Å²) in [5.41, 5.74) is 4.73. The SMILES string of the molecule is CC(C(N)=S)C(F)(F)F. The van der Waals surface area contributed by atoms with Crippen LogP contribution < -0.4 is 5.73 Å². The van der Waals surface area contributed by atoms with Crippen molar-refractivity contribution in [1.29, 1.82) is 0 Å². The molecule has 0 rings (SSSR count). The zero-order chi connectivity index (χ0) is 7.65. The van der Waals surface area contributed by atoms with E-state index >= 15 is 0 Å². The lowest BCUT2D eigenvalue weighted by Gasteiger charge is -2.12. The van der Waals surface area contributed by atoms with Crippen LogP contribution in [-0.2, 0) is 0 Å². The van der Waals surface area contributed by atoms with Crippen LogP contribution in [0.4, 0.5) is 13.2 Å². The zero-order valence-corrected chi connectivity index (χ0v) is 5.51. The van der Waals surface area contributed by atoms with Crippen molar-refractivity contribution in [1.82, 2.24) is 0 Å². The lowest BCUT2D eigenvalue weighted by molar-refractivity contribution is -0.150. The number of nitrogens with two attached hydrogens (primary N) is 1. The van der Waals surface area contributed by atoms with E-state index in [1.807, 2.05) is 0 Å². The van der Waals surface area contributed by atoms with Gasteiger partial charge in [-0.15, -0.1) is 0 Å². The Morgan fingerprint density at radius 3 is 1.89 bits per heavy atom. The highest BCUT2D eigenvalue weighted by Crippen LogP contribution is 2.25. The molecule has 1 unspecified atom stereocenters. The molecule has 0 fully saturated rings. The molecule has 9 heavy (non-hydrogen) atoms. The van der Waals surface area contributed by atoms with Crippen molar-refractivity contribution in [3.63, 3.8) is 0 Å². The minimum Gasteiger partial charge on any atom is -0.393 e. The van der Waals surface area contributed by atoms with Crippen LogP contribution in [0.2, 0.25) is 0 Å². The maximum absolute atomic E-state index is 11.5. The molecule has 0 spiro atoms. The fourth-order valence-corrected chi connectivity index (χ4v) is 0.295. The third-order valence-electron chi connectivity index (χ3n) is 0.918. The quantitative estimate of drug-likeness (QED) is 0.583.